The maximum absolute atomic E-state index is 12.5. The van der Waals surface area contributed by atoms with Crippen LogP contribution < -0.4 is 0 Å². The number of carbonyl (C=O) groups excluding carboxylic acids is 1. The zero-order valence-corrected chi connectivity index (χ0v) is 13.1. The molecule has 0 spiro atoms. The molecule has 1 atom stereocenters. The van der Waals surface area contributed by atoms with Gasteiger partial charge in [-0.25, -0.2) is 8.42 Å². The molecule has 0 radical (unpaired) electrons. The molecule has 0 aliphatic heterocycles. The molecule has 1 aromatic rings. The van der Waals surface area contributed by atoms with Crippen LogP contribution in [0.1, 0.15) is 37.3 Å². The van der Waals surface area contributed by atoms with Crippen LogP contribution in [0.25, 0.3) is 0 Å². The number of esters is 1. The van der Waals surface area contributed by atoms with Crippen molar-refractivity contribution in [3.63, 3.8) is 0 Å². The molecular formula is C15H22O4S. The van der Waals surface area contributed by atoms with Crippen LogP contribution in [-0.4, -0.2) is 26.7 Å². The third-order valence-corrected chi connectivity index (χ3v) is 5.34. The minimum atomic E-state index is -3.56. The van der Waals surface area contributed by atoms with Gasteiger partial charge in [-0.2, -0.15) is 0 Å². The van der Waals surface area contributed by atoms with Crippen molar-refractivity contribution >= 4 is 15.8 Å². The van der Waals surface area contributed by atoms with Crippen molar-refractivity contribution in [1.82, 2.24) is 0 Å². The fourth-order valence-corrected chi connectivity index (χ4v) is 3.93. The molecule has 0 aliphatic carbocycles. The Morgan fingerprint density at radius 1 is 1.30 bits per heavy atom. The highest BCUT2D eigenvalue weighted by Gasteiger charge is 2.33. The Labute approximate surface area is 121 Å². The van der Waals surface area contributed by atoms with Gasteiger partial charge in [-0.05, 0) is 24.5 Å². The van der Waals surface area contributed by atoms with Crippen molar-refractivity contribution in [2.24, 2.45) is 0 Å². The molecular weight excluding hydrogens is 276 g/mol. The van der Waals surface area contributed by atoms with Crippen molar-refractivity contribution in [3.05, 3.63) is 35.4 Å². The molecule has 0 N–H and O–H groups in total. The van der Waals surface area contributed by atoms with Gasteiger partial charge in [0, 0.05) is 0 Å². The van der Waals surface area contributed by atoms with Crippen molar-refractivity contribution in [1.29, 1.82) is 0 Å². The second-order valence-electron chi connectivity index (χ2n) is 4.89. The molecule has 1 aromatic carbocycles. The summed E-state index contributed by atoms with van der Waals surface area (Å²) in [6, 6.07) is 7.31. The van der Waals surface area contributed by atoms with E-state index in [2.05, 4.69) is 4.74 Å². The summed E-state index contributed by atoms with van der Waals surface area (Å²) in [6.45, 7) is 3.83. The zero-order valence-electron chi connectivity index (χ0n) is 12.3. The van der Waals surface area contributed by atoms with Crippen LogP contribution in [0.4, 0.5) is 0 Å². The Kier molecular flexibility index (Phi) is 6.20. The van der Waals surface area contributed by atoms with Gasteiger partial charge in [0.1, 0.15) is 0 Å². The maximum Gasteiger partial charge on any atom is 0.324 e. The zero-order chi connectivity index (χ0) is 15.2. The molecule has 0 fully saturated rings. The Balaban J connectivity index is 2.99. The lowest BCUT2D eigenvalue weighted by Crippen LogP contribution is -2.32. The summed E-state index contributed by atoms with van der Waals surface area (Å²) >= 11 is 0. The van der Waals surface area contributed by atoms with E-state index in [1.54, 1.807) is 12.1 Å². The molecule has 5 heteroatoms. The molecule has 1 unspecified atom stereocenters. The summed E-state index contributed by atoms with van der Waals surface area (Å²) in [4.78, 5) is 11.7. The lowest BCUT2D eigenvalue weighted by atomic mass is 10.1. The lowest BCUT2D eigenvalue weighted by Gasteiger charge is -2.16. The number of hydrogen-bond donors (Lipinski definition) is 0. The number of aryl methyl sites for hydroxylation is 1. The van der Waals surface area contributed by atoms with Crippen LogP contribution in [0, 0.1) is 6.92 Å². The minimum absolute atomic E-state index is 0.122. The molecule has 0 saturated carbocycles. The SMILES string of the molecule is CCCCC(C(=O)OC)S(=O)(=O)Cc1ccccc1C. The predicted molar refractivity (Wildman–Crippen MR) is 79.1 cm³/mol. The third kappa shape index (κ3) is 4.34. The second kappa shape index (κ2) is 7.43. The lowest BCUT2D eigenvalue weighted by molar-refractivity contribution is -0.140. The molecule has 1 rings (SSSR count). The normalized spacial score (nSPS) is 12.9. The molecule has 0 aromatic heterocycles. The summed E-state index contributed by atoms with van der Waals surface area (Å²) < 4.78 is 29.6. The summed E-state index contributed by atoms with van der Waals surface area (Å²) in [5.74, 6) is -0.782. The first-order valence-corrected chi connectivity index (χ1v) is 8.47. The van der Waals surface area contributed by atoms with Gasteiger partial charge in [0.25, 0.3) is 0 Å². The average Bonchev–Trinajstić information content (AvgIpc) is 2.41. The molecule has 0 bridgehead atoms. The molecule has 0 aliphatic rings. The fraction of sp³-hybridized carbons (Fsp3) is 0.533. The van der Waals surface area contributed by atoms with E-state index in [9.17, 15) is 13.2 Å². The Bertz CT molecular complexity index is 549. The monoisotopic (exact) mass is 298 g/mol. The first-order valence-electron chi connectivity index (χ1n) is 6.76. The summed E-state index contributed by atoms with van der Waals surface area (Å²) in [5.41, 5.74) is 1.65. The number of methoxy groups -OCH3 is 1. The molecule has 0 heterocycles. The highest BCUT2D eigenvalue weighted by Crippen LogP contribution is 2.19. The molecule has 0 saturated heterocycles. The second-order valence-corrected chi connectivity index (χ2v) is 7.07. The number of sulfone groups is 1. The van der Waals surface area contributed by atoms with Gasteiger partial charge in [0.05, 0.1) is 12.9 Å². The maximum atomic E-state index is 12.5. The summed E-state index contributed by atoms with van der Waals surface area (Å²) in [7, 11) is -2.33. The van der Waals surface area contributed by atoms with Crippen molar-refractivity contribution in [3.8, 4) is 0 Å². The Morgan fingerprint density at radius 2 is 1.95 bits per heavy atom. The predicted octanol–water partition coefficient (Wildman–Crippen LogP) is 2.64. The van der Waals surface area contributed by atoms with E-state index in [0.29, 0.717) is 12.8 Å². The van der Waals surface area contributed by atoms with Crippen LogP contribution in [0.2, 0.25) is 0 Å². The standard InChI is InChI=1S/C15H22O4S/c1-4-5-10-14(15(16)19-3)20(17,18)11-13-9-7-6-8-12(13)2/h6-9,14H,4-5,10-11H2,1-3H3. The van der Waals surface area contributed by atoms with E-state index in [0.717, 1.165) is 17.5 Å². The average molecular weight is 298 g/mol. The van der Waals surface area contributed by atoms with Crippen LogP contribution in [0.5, 0.6) is 0 Å². The Hall–Kier alpha value is -1.36. The van der Waals surface area contributed by atoms with Gasteiger partial charge in [-0.15, -0.1) is 0 Å². The number of benzene rings is 1. The highest BCUT2D eigenvalue weighted by molar-refractivity contribution is 7.92. The van der Waals surface area contributed by atoms with E-state index in [4.69, 9.17) is 0 Å². The molecule has 20 heavy (non-hydrogen) atoms. The molecule has 4 nitrogen and oxygen atoms in total. The smallest absolute Gasteiger partial charge is 0.324 e. The topological polar surface area (TPSA) is 60.4 Å². The largest absolute Gasteiger partial charge is 0.468 e. The molecule has 112 valence electrons. The van der Waals surface area contributed by atoms with Gasteiger partial charge in [0.15, 0.2) is 15.1 Å². The van der Waals surface area contributed by atoms with Crippen molar-refractivity contribution in [2.45, 2.75) is 44.1 Å². The van der Waals surface area contributed by atoms with Crippen LogP contribution in [-0.2, 0) is 25.1 Å². The Morgan fingerprint density at radius 3 is 2.50 bits per heavy atom. The number of rotatable bonds is 7. The van der Waals surface area contributed by atoms with Crippen LogP contribution in [0.3, 0.4) is 0 Å². The van der Waals surface area contributed by atoms with Gasteiger partial charge in [-0.1, -0.05) is 44.0 Å². The first-order chi connectivity index (χ1) is 9.42. The van der Waals surface area contributed by atoms with Crippen molar-refractivity contribution < 1.29 is 17.9 Å². The van der Waals surface area contributed by atoms with Gasteiger partial charge in [0.2, 0.25) is 0 Å². The fourth-order valence-electron chi connectivity index (χ4n) is 2.05. The van der Waals surface area contributed by atoms with E-state index in [1.807, 2.05) is 26.0 Å². The van der Waals surface area contributed by atoms with E-state index in [1.165, 1.54) is 7.11 Å². The quantitative estimate of drug-likeness (QED) is 0.726. The summed E-state index contributed by atoms with van der Waals surface area (Å²) in [5, 5.41) is -1.06. The highest BCUT2D eigenvalue weighted by atomic mass is 32.2. The van der Waals surface area contributed by atoms with Crippen LogP contribution in [0.15, 0.2) is 24.3 Å². The van der Waals surface area contributed by atoms with E-state index in [-0.39, 0.29) is 5.75 Å². The van der Waals surface area contributed by atoms with E-state index < -0.39 is 21.1 Å². The number of unbranched alkanes of at least 4 members (excludes halogenated alkanes) is 1. The van der Waals surface area contributed by atoms with Gasteiger partial charge < -0.3 is 4.74 Å². The third-order valence-electron chi connectivity index (χ3n) is 3.34. The van der Waals surface area contributed by atoms with Crippen molar-refractivity contribution in [2.75, 3.05) is 7.11 Å². The van der Waals surface area contributed by atoms with E-state index >= 15 is 0 Å². The van der Waals surface area contributed by atoms with Crippen LogP contribution >= 0.6 is 0 Å². The first kappa shape index (κ1) is 16.7. The number of carbonyl (C=O) groups is 1. The summed E-state index contributed by atoms with van der Waals surface area (Å²) in [6.07, 6.45) is 1.84. The number of ether oxygens (including phenoxy) is 1. The minimum Gasteiger partial charge on any atom is -0.468 e. The van der Waals surface area contributed by atoms with Gasteiger partial charge >= 0.3 is 5.97 Å². The number of hydrogen-bond acceptors (Lipinski definition) is 4. The van der Waals surface area contributed by atoms with Gasteiger partial charge in [-0.3, -0.25) is 4.79 Å². The molecule has 0 amide bonds.